The summed E-state index contributed by atoms with van der Waals surface area (Å²) >= 11 is 0. The Labute approximate surface area is 106 Å². The number of carbonyl (C=O) groups excluding carboxylic acids is 1. The molecule has 17 heavy (non-hydrogen) atoms. The van der Waals surface area contributed by atoms with Crippen LogP contribution in [0.1, 0.15) is 46.5 Å². The number of rotatable bonds is 6. The normalized spacial score (nSPS) is 17.4. The van der Waals surface area contributed by atoms with Gasteiger partial charge in [0.2, 0.25) is 5.91 Å². The van der Waals surface area contributed by atoms with Crippen molar-refractivity contribution in [2.24, 2.45) is 11.8 Å². The lowest BCUT2D eigenvalue weighted by Gasteiger charge is -2.29. The summed E-state index contributed by atoms with van der Waals surface area (Å²) in [6.45, 7) is 10.5. The molecule has 1 saturated heterocycles. The second-order valence-electron chi connectivity index (χ2n) is 5.56. The molecule has 1 N–H and O–H groups in total. The number of nitrogens with zero attached hydrogens (tertiary/aromatic N) is 1. The van der Waals surface area contributed by atoms with E-state index in [-0.39, 0.29) is 0 Å². The summed E-state index contributed by atoms with van der Waals surface area (Å²) < 4.78 is 0. The van der Waals surface area contributed by atoms with E-state index in [2.05, 4.69) is 31.0 Å². The van der Waals surface area contributed by atoms with E-state index >= 15 is 0 Å². The summed E-state index contributed by atoms with van der Waals surface area (Å²) in [6, 6.07) is 0. The highest BCUT2D eigenvalue weighted by atomic mass is 16.2. The van der Waals surface area contributed by atoms with Gasteiger partial charge >= 0.3 is 0 Å². The summed E-state index contributed by atoms with van der Waals surface area (Å²) in [5, 5.41) is 3.37. The van der Waals surface area contributed by atoms with E-state index in [1.165, 1.54) is 12.8 Å². The molecule has 3 nitrogen and oxygen atoms in total. The van der Waals surface area contributed by atoms with Crippen LogP contribution in [-0.2, 0) is 4.79 Å². The zero-order chi connectivity index (χ0) is 12.7. The van der Waals surface area contributed by atoms with Crippen LogP contribution in [0.25, 0.3) is 0 Å². The van der Waals surface area contributed by atoms with Crippen molar-refractivity contribution in [3.8, 4) is 0 Å². The van der Waals surface area contributed by atoms with Crippen molar-refractivity contribution in [1.82, 2.24) is 10.2 Å². The van der Waals surface area contributed by atoms with Crippen molar-refractivity contribution >= 4 is 5.91 Å². The predicted molar refractivity (Wildman–Crippen MR) is 71.9 cm³/mol. The van der Waals surface area contributed by atoms with Gasteiger partial charge in [0, 0.05) is 19.5 Å². The smallest absolute Gasteiger partial charge is 0.222 e. The maximum absolute atomic E-state index is 12.1. The van der Waals surface area contributed by atoms with Crippen LogP contribution >= 0.6 is 0 Å². The molecule has 0 radical (unpaired) electrons. The molecule has 1 amide bonds. The van der Waals surface area contributed by atoms with Crippen LogP contribution in [0.3, 0.4) is 0 Å². The molecule has 0 aliphatic carbocycles. The largest absolute Gasteiger partial charge is 0.343 e. The first-order chi connectivity index (χ1) is 8.13. The van der Waals surface area contributed by atoms with Crippen molar-refractivity contribution in [1.29, 1.82) is 0 Å². The monoisotopic (exact) mass is 240 g/mol. The van der Waals surface area contributed by atoms with Crippen LogP contribution in [0.4, 0.5) is 0 Å². The fourth-order valence-corrected chi connectivity index (χ4v) is 2.35. The van der Waals surface area contributed by atoms with E-state index in [0.717, 1.165) is 39.0 Å². The van der Waals surface area contributed by atoms with Crippen LogP contribution in [0.5, 0.6) is 0 Å². The average Bonchev–Trinajstić information content (AvgIpc) is 2.34. The van der Waals surface area contributed by atoms with Gasteiger partial charge in [-0.25, -0.2) is 0 Å². The molecule has 0 spiro atoms. The molecule has 1 aliphatic rings. The molecule has 1 heterocycles. The second-order valence-corrected chi connectivity index (χ2v) is 5.56. The third kappa shape index (κ3) is 5.53. The number of hydrogen-bond donors (Lipinski definition) is 1. The van der Waals surface area contributed by atoms with E-state index in [9.17, 15) is 4.79 Å². The number of amides is 1. The Morgan fingerprint density at radius 1 is 1.35 bits per heavy atom. The average molecular weight is 240 g/mol. The minimum Gasteiger partial charge on any atom is -0.343 e. The zero-order valence-electron chi connectivity index (χ0n) is 11.7. The lowest BCUT2D eigenvalue weighted by Crippen LogP contribution is -2.39. The molecule has 0 aromatic heterocycles. The number of hydrogen-bond acceptors (Lipinski definition) is 2. The third-order valence-electron chi connectivity index (χ3n) is 3.61. The third-order valence-corrected chi connectivity index (χ3v) is 3.61. The van der Waals surface area contributed by atoms with Gasteiger partial charge in [-0.3, -0.25) is 4.79 Å². The lowest BCUT2D eigenvalue weighted by atomic mass is 9.97. The van der Waals surface area contributed by atoms with Gasteiger partial charge in [-0.1, -0.05) is 13.8 Å². The second kappa shape index (κ2) is 7.70. The van der Waals surface area contributed by atoms with Crippen molar-refractivity contribution < 1.29 is 4.79 Å². The Kier molecular flexibility index (Phi) is 6.56. The van der Waals surface area contributed by atoms with Gasteiger partial charge in [-0.05, 0) is 51.1 Å². The lowest BCUT2D eigenvalue weighted by molar-refractivity contribution is -0.132. The van der Waals surface area contributed by atoms with Gasteiger partial charge in [-0.15, -0.1) is 0 Å². The molecule has 3 heteroatoms. The molecule has 100 valence electrons. The molecular weight excluding hydrogens is 212 g/mol. The fourth-order valence-electron chi connectivity index (χ4n) is 2.35. The Bertz CT molecular complexity index is 222. The van der Waals surface area contributed by atoms with Crippen LogP contribution in [-0.4, -0.2) is 37.0 Å². The van der Waals surface area contributed by atoms with Gasteiger partial charge in [0.25, 0.3) is 0 Å². The summed E-state index contributed by atoms with van der Waals surface area (Å²) in [5.41, 5.74) is 0. The Morgan fingerprint density at radius 2 is 2.00 bits per heavy atom. The maximum Gasteiger partial charge on any atom is 0.222 e. The van der Waals surface area contributed by atoms with E-state index < -0.39 is 0 Å². The molecule has 0 aromatic rings. The minimum absolute atomic E-state index is 0.347. The van der Waals surface area contributed by atoms with Gasteiger partial charge in [0.1, 0.15) is 0 Å². The fraction of sp³-hybridized carbons (Fsp3) is 0.929. The highest BCUT2D eigenvalue weighted by Gasteiger charge is 2.19. The molecular formula is C14H28N2O. The van der Waals surface area contributed by atoms with Gasteiger partial charge in [0.05, 0.1) is 0 Å². The van der Waals surface area contributed by atoms with Crippen LogP contribution in [0.15, 0.2) is 0 Å². The standard InChI is InChI=1S/C14H28N2O/c1-4-16(14(17)6-5-12(2)3)11-13-7-9-15-10-8-13/h12-13,15H,4-11H2,1-3H3. The van der Waals surface area contributed by atoms with E-state index in [1.54, 1.807) is 0 Å². The molecule has 1 rings (SSSR count). The van der Waals surface area contributed by atoms with E-state index in [1.807, 2.05) is 0 Å². The van der Waals surface area contributed by atoms with E-state index in [4.69, 9.17) is 0 Å². The molecule has 0 aromatic carbocycles. The predicted octanol–water partition coefficient (Wildman–Crippen LogP) is 2.27. The molecule has 0 saturated carbocycles. The first kappa shape index (κ1) is 14.5. The summed E-state index contributed by atoms with van der Waals surface area (Å²) in [6.07, 6.45) is 4.17. The molecule has 0 bridgehead atoms. The number of nitrogens with one attached hydrogen (secondary N) is 1. The van der Waals surface area contributed by atoms with E-state index in [0.29, 0.717) is 17.7 Å². The van der Waals surface area contributed by atoms with Crippen molar-refractivity contribution in [2.45, 2.75) is 46.5 Å². The first-order valence-electron chi connectivity index (χ1n) is 7.12. The van der Waals surface area contributed by atoms with Gasteiger partial charge in [-0.2, -0.15) is 0 Å². The summed E-state index contributed by atoms with van der Waals surface area (Å²) in [5.74, 6) is 1.68. The van der Waals surface area contributed by atoms with Gasteiger partial charge in [0.15, 0.2) is 0 Å². The quantitative estimate of drug-likeness (QED) is 0.772. The Balaban J connectivity index is 2.32. The van der Waals surface area contributed by atoms with Gasteiger partial charge < -0.3 is 10.2 Å². The molecule has 0 unspecified atom stereocenters. The van der Waals surface area contributed by atoms with Crippen molar-refractivity contribution in [3.63, 3.8) is 0 Å². The highest BCUT2D eigenvalue weighted by molar-refractivity contribution is 5.76. The number of piperidine rings is 1. The van der Waals surface area contributed by atoms with Crippen LogP contribution in [0, 0.1) is 11.8 Å². The SMILES string of the molecule is CCN(CC1CCNCC1)C(=O)CCC(C)C. The maximum atomic E-state index is 12.1. The highest BCUT2D eigenvalue weighted by Crippen LogP contribution is 2.15. The summed E-state index contributed by atoms with van der Waals surface area (Å²) in [4.78, 5) is 14.1. The van der Waals surface area contributed by atoms with Crippen molar-refractivity contribution in [3.05, 3.63) is 0 Å². The Hall–Kier alpha value is -0.570. The Morgan fingerprint density at radius 3 is 2.53 bits per heavy atom. The van der Waals surface area contributed by atoms with Crippen LogP contribution < -0.4 is 5.32 Å². The molecule has 1 aliphatic heterocycles. The topological polar surface area (TPSA) is 32.3 Å². The minimum atomic E-state index is 0.347. The number of carbonyl (C=O) groups is 1. The van der Waals surface area contributed by atoms with Crippen molar-refractivity contribution in [2.75, 3.05) is 26.2 Å². The zero-order valence-corrected chi connectivity index (χ0v) is 11.7. The first-order valence-corrected chi connectivity index (χ1v) is 7.12. The van der Waals surface area contributed by atoms with Crippen LogP contribution in [0.2, 0.25) is 0 Å². The molecule has 0 atom stereocenters. The summed E-state index contributed by atoms with van der Waals surface area (Å²) in [7, 11) is 0. The molecule has 1 fully saturated rings.